The number of hydrogen-bond donors (Lipinski definition) is 1. The molecule has 0 bridgehead atoms. The zero-order valence-electron chi connectivity index (χ0n) is 11.9. The van der Waals surface area contributed by atoms with Gasteiger partial charge in [0.25, 0.3) is 0 Å². The second kappa shape index (κ2) is 6.21. The molecule has 0 aliphatic carbocycles. The largest absolute Gasteiger partial charge is 0.369 e. The van der Waals surface area contributed by atoms with E-state index >= 15 is 0 Å². The average Bonchev–Trinajstić information content (AvgIpc) is 2.36. The minimum atomic E-state index is 1.09. The Bertz CT molecular complexity index is 361. The molecule has 0 radical (unpaired) electrons. The lowest BCUT2D eigenvalue weighted by Crippen LogP contribution is -2.48. The SMILES string of the molecule is CNCCN1CCN(c2cc(C)cc(C)c2)CC1. The van der Waals surface area contributed by atoms with Gasteiger partial charge < -0.3 is 10.2 Å². The van der Waals surface area contributed by atoms with Crippen molar-refractivity contribution in [3.63, 3.8) is 0 Å². The van der Waals surface area contributed by atoms with E-state index in [0.717, 1.165) is 26.2 Å². The van der Waals surface area contributed by atoms with Gasteiger partial charge in [0.05, 0.1) is 0 Å². The van der Waals surface area contributed by atoms with Gasteiger partial charge in [0.2, 0.25) is 0 Å². The van der Waals surface area contributed by atoms with Gasteiger partial charge in [0.15, 0.2) is 0 Å². The van der Waals surface area contributed by atoms with Crippen LogP contribution >= 0.6 is 0 Å². The molecule has 3 heteroatoms. The molecule has 1 heterocycles. The maximum atomic E-state index is 3.22. The quantitative estimate of drug-likeness (QED) is 0.873. The molecule has 0 saturated carbocycles. The Hall–Kier alpha value is -1.06. The topological polar surface area (TPSA) is 18.5 Å². The fourth-order valence-corrected chi connectivity index (χ4v) is 2.63. The highest BCUT2D eigenvalue weighted by Gasteiger charge is 2.16. The van der Waals surface area contributed by atoms with Crippen LogP contribution in [-0.4, -0.2) is 51.2 Å². The fraction of sp³-hybridized carbons (Fsp3) is 0.600. The summed E-state index contributed by atoms with van der Waals surface area (Å²) in [5, 5.41) is 3.22. The molecule has 0 aromatic heterocycles. The maximum absolute atomic E-state index is 3.22. The molecular formula is C15H25N3. The Balaban J connectivity index is 1.92. The molecule has 0 amide bonds. The zero-order chi connectivity index (χ0) is 13.0. The van der Waals surface area contributed by atoms with Crippen LogP contribution in [0, 0.1) is 13.8 Å². The highest BCUT2D eigenvalue weighted by atomic mass is 15.3. The van der Waals surface area contributed by atoms with Gasteiger partial charge in [-0.3, -0.25) is 4.90 Å². The van der Waals surface area contributed by atoms with Crippen LogP contribution < -0.4 is 10.2 Å². The molecule has 0 spiro atoms. The molecule has 1 aromatic rings. The third-order valence-corrected chi connectivity index (χ3v) is 3.62. The second-order valence-corrected chi connectivity index (χ2v) is 5.28. The van der Waals surface area contributed by atoms with Crippen molar-refractivity contribution in [2.24, 2.45) is 0 Å². The van der Waals surface area contributed by atoms with Gasteiger partial charge in [0.1, 0.15) is 0 Å². The third kappa shape index (κ3) is 3.47. The summed E-state index contributed by atoms with van der Waals surface area (Å²) in [7, 11) is 2.02. The van der Waals surface area contributed by atoms with Crippen LogP contribution in [0.1, 0.15) is 11.1 Å². The van der Waals surface area contributed by atoms with E-state index < -0.39 is 0 Å². The summed E-state index contributed by atoms with van der Waals surface area (Å²) in [6, 6.07) is 6.85. The molecule has 2 rings (SSSR count). The van der Waals surface area contributed by atoms with Crippen molar-refractivity contribution in [3.05, 3.63) is 29.3 Å². The molecule has 3 nitrogen and oxygen atoms in total. The number of piperazine rings is 1. The Labute approximate surface area is 111 Å². The fourth-order valence-electron chi connectivity index (χ4n) is 2.63. The molecule has 1 fully saturated rings. The van der Waals surface area contributed by atoms with Gasteiger partial charge in [-0.15, -0.1) is 0 Å². The predicted octanol–water partition coefficient (Wildman–Crippen LogP) is 1.64. The van der Waals surface area contributed by atoms with E-state index in [2.05, 4.69) is 47.2 Å². The van der Waals surface area contributed by atoms with Gasteiger partial charge in [-0.05, 0) is 44.2 Å². The molecule has 0 atom stereocenters. The summed E-state index contributed by atoms with van der Waals surface area (Å²) in [6.07, 6.45) is 0. The molecule has 100 valence electrons. The van der Waals surface area contributed by atoms with E-state index in [-0.39, 0.29) is 0 Å². The number of anilines is 1. The summed E-state index contributed by atoms with van der Waals surface area (Å²) in [5.74, 6) is 0. The summed E-state index contributed by atoms with van der Waals surface area (Å²) >= 11 is 0. The first-order valence-corrected chi connectivity index (χ1v) is 6.89. The second-order valence-electron chi connectivity index (χ2n) is 5.28. The van der Waals surface area contributed by atoms with E-state index in [1.165, 1.54) is 29.9 Å². The van der Waals surface area contributed by atoms with Crippen molar-refractivity contribution in [2.75, 3.05) is 51.2 Å². The first-order chi connectivity index (χ1) is 8.69. The highest BCUT2D eigenvalue weighted by molar-refractivity contribution is 5.51. The van der Waals surface area contributed by atoms with Crippen LogP contribution in [0.25, 0.3) is 0 Å². The van der Waals surface area contributed by atoms with Gasteiger partial charge in [-0.2, -0.15) is 0 Å². The van der Waals surface area contributed by atoms with Crippen molar-refractivity contribution in [3.8, 4) is 0 Å². The lowest BCUT2D eigenvalue weighted by atomic mass is 10.1. The number of benzene rings is 1. The number of nitrogens with one attached hydrogen (secondary N) is 1. The maximum Gasteiger partial charge on any atom is 0.0372 e. The van der Waals surface area contributed by atoms with Crippen LogP contribution in [0.4, 0.5) is 5.69 Å². The zero-order valence-corrected chi connectivity index (χ0v) is 11.9. The van der Waals surface area contributed by atoms with Crippen LogP contribution in [0.3, 0.4) is 0 Å². The Morgan fingerprint density at radius 2 is 1.61 bits per heavy atom. The molecule has 18 heavy (non-hydrogen) atoms. The molecule has 1 aliphatic heterocycles. The van der Waals surface area contributed by atoms with E-state index in [1.54, 1.807) is 0 Å². The molecule has 1 aromatic carbocycles. The normalized spacial score (nSPS) is 17.2. The van der Waals surface area contributed by atoms with Crippen LogP contribution in [0.2, 0.25) is 0 Å². The highest BCUT2D eigenvalue weighted by Crippen LogP contribution is 2.20. The summed E-state index contributed by atoms with van der Waals surface area (Å²) in [6.45, 7) is 11.3. The number of rotatable bonds is 4. The van der Waals surface area contributed by atoms with E-state index in [0.29, 0.717) is 0 Å². The first-order valence-electron chi connectivity index (χ1n) is 6.89. The Morgan fingerprint density at radius 3 is 2.17 bits per heavy atom. The van der Waals surface area contributed by atoms with Gasteiger partial charge in [-0.25, -0.2) is 0 Å². The van der Waals surface area contributed by atoms with Crippen molar-refractivity contribution >= 4 is 5.69 Å². The number of hydrogen-bond acceptors (Lipinski definition) is 3. The summed E-state index contributed by atoms with van der Waals surface area (Å²) < 4.78 is 0. The molecule has 0 unspecified atom stereocenters. The van der Waals surface area contributed by atoms with Gasteiger partial charge >= 0.3 is 0 Å². The van der Waals surface area contributed by atoms with E-state index in [4.69, 9.17) is 0 Å². The first kappa shape index (κ1) is 13.4. The number of nitrogens with zero attached hydrogens (tertiary/aromatic N) is 2. The average molecular weight is 247 g/mol. The Morgan fingerprint density at radius 1 is 1.00 bits per heavy atom. The van der Waals surface area contributed by atoms with Gasteiger partial charge in [0, 0.05) is 45.0 Å². The minimum absolute atomic E-state index is 1.09. The van der Waals surface area contributed by atoms with Crippen molar-refractivity contribution < 1.29 is 0 Å². The molecule has 1 saturated heterocycles. The predicted molar refractivity (Wildman–Crippen MR) is 78.5 cm³/mol. The Kier molecular flexibility index (Phi) is 4.61. The van der Waals surface area contributed by atoms with Crippen molar-refractivity contribution in [1.29, 1.82) is 0 Å². The van der Waals surface area contributed by atoms with Crippen LogP contribution in [0.5, 0.6) is 0 Å². The smallest absolute Gasteiger partial charge is 0.0372 e. The monoisotopic (exact) mass is 247 g/mol. The van der Waals surface area contributed by atoms with Crippen LogP contribution in [0.15, 0.2) is 18.2 Å². The van der Waals surface area contributed by atoms with Crippen molar-refractivity contribution in [1.82, 2.24) is 10.2 Å². The van der Waals surface area contributed by atoms with Gasteiger partial charge in [-0.1, -0.05) is 6.07 Å². The van der Waals surface area contributed by atoms with E-state index in [9.17, 15) is 0 Å². The lowest BCUT2D eigenvalue weighted by Gasteiger charge is -2.36. The van der Waals surface area contributed by atoms with Crippen molar-refractivity contribution in [2.45, 2.75) is 13.8 Å². The summed E-state index contributed by atoms with van der Waals surface area (Å²) in [5.41, 5.74) is 4.12. The third-order valence-electron chi connectivity index (χ3n) is 3.62. The lowest BCUT2D eigenvalue weighted by molar-refractivity contribution is 0.260. The standard InChI is InChI=1S/C15H25N3/c1-13-10-14(2)12-15(11-13)18-8-6-17(7-9-18)5-4-16-3/h10-12,16H,4-9H2,1-3H3. The molecule has 1 aliphatic rings. The molecular weight excluding hydrogens is 222 g/mol. The van der Waals surface area contributed by atoms with Crippen LogP contribution in [-0.2, 0) is 0 Å². The number of likely N-dealkylation sites (N-methyl/N-ethyl adjacent to an activating group) is 1. The summed E-state index contributed by atoms with van der Waals surface area (Å²) in [4.78, 5) is 5.05. The minimum Gasteiger partial charge on any atom is -0.369 e. The molecule has 1 N–H and O–H groups in total. The van der Waals surface area contributed by atoms with E-state index in [1.807, 2.05) is 7.05 Å². The number of aryl methyl sites for hydroxylation is 2.